The highest BCUT2D eigenvalue weighted by molar-refractivity contribution is 6.10. The van der Waals surface area contributed by atoms with Crippen molar-refractivity contribution < 1.29 is 9.47 Å². The smallest absolute Gasteiger partial charge is 0.183 e. The zero-order valence-corrected chi connectivity index (χ0v) is 18.8. The summed E-state index contributed by atoms with van der Waals surface area (Å²) in [7, 11) is 1.62. The number of benzene rings is 1. The highest BCUT2D eigenvalue weighted by atomic mass is 16.5. The number of nitriles is 1. The number of pyridine rings is 2. The summed E-state index contributed by atoms with van der Waals surface area (Å²) >= 11 is 0. The number of fused-ring (bicyclic) bond motifs is 3. The van der Waals surface area contributed by atoms with Gasteiger partial charge in [0, 0.05) is 30.8 Å². The van der Waals surface area contributed by atoms with E-state index in [2.05, 4.69) is 56.3 Å². The molecule has 4 heterocycles. The van der Waals surface area contributed by atoms with E-state index >= 15 is 0 Å². The summed E-state index contributed by atoms with van der Waals surface area (Å²) in [6.07, 6.45) is 7.49. The van der Waals surface area contributed by atoms with Crippen LogP contribution in [0.15, 0.2) is 42.7 Å². The second-order valence-corrected chi connectivity index (χ2v) is 8.46. The standard InChI is InChI=1S/C26H27N5O2/c1-32-11-12-33-25-22(14-27)28-16-23-24(25)21-13-20(15-29-26(21)30-23)19-7-5-18(6-8-19)17-31-9-3-2-4-10-31/h5-8,13,15-16H,2-4,9-12,17H2,1H3,(H,29,30). The molecule has 7 nitrogen and oxygen atoms in total. The minimum Gasteiger partial charge on any atom is -0.487 e. The Balaban J connectivity index is 1.49. The minimum atomic E-state index is 0.256. The quantitative estimate of drug-likeness (QED) is 0.420. The Labute approximate surface area is 193 Å². The monoisotopic (exact) mass is 441 g/mol. The van der Waals surface area contributed by atoms with Crippen LogP contribution in [0.3, 0.4) is 0 Å². The third kappa shape index (κ3) is 4.40. The lowest BCUT2D eigenvalue weighted by atomic mass is 10.0. The molecule has 33 heavy (non-hydrogen) atoms. The molecule has 0 radical (unpaired) electrons. The summed E-state index contributed by atoms with van der Waals surface area (Å²) < 4.78 is 11.0. The van der Waals surface area contributed by atoms with Crippen molar-refractivity contribution in [3.63, 3.8) is 0 Å². The lowest BCUT2D eigenvalue weighted by Gasteiger charge is -2.26. The van der Waals surface area contributed by atoms with Crippen LogP contribution < -0.4 is 4.74 Å². The number of aromatic amines is 1. The van der Waals surface area contributed by atoms with Crippen molar-refractivity contribution in [2.75, 3.05) is 33.4 Å². The second kappa shape index (κ2) is 9.57. The number of likely N-dealkylation sites (tertiary alicyclic amines) is 1. The van der Waals surface area contributed by atoms with Gasteiger partial charge >= 0.3 is 0 Å². The molecule has 0 unspecified atom stereocenters. The van der Waals surface area contributed by atoms with E-state index in [1.54, 1.807) is 13.3 Å². The predicted molar refractivity (Wildman–Crippen MR) is 128 cm³/mol. The van der Waals surface area contributed by atoms with Gasteiger partial charge in [-0.1, -0.05) is 30.7 Å². The van der Waals surface area contributed by atoms with E-state index in [1.807, 2.05) is 6.20 Å². The van der Waals surface area contributed by atoms with Crippen LogP contribution in [0.25, 0.3) is 33.1 Å². The highest BCUT2D eigenvalue weighted by Crippen LogP contribution is 2.36. The summed E-state index contributed by atoms with van der Waals surface area (Å²) in [4.78, 5) is 14.7. The van der Waals surface area contributed by atoms with Crippen molar-refractivity contribution in [1.82, 2.24) is 19.9 Å². The first-order valence-electron chi connectivity index (χ1n) is 11.4. The molecule has 1 N–H and O–H groups in total. The summed E-state index contributed by atoms with van der Waals surface area (Å²) in [6.45, 7) is 4.15. The zero-order valence-electron chi connectivity index (χ0n) is 18.8. The topological polar surface area (TPSA) is 87.1 Å². The average Bonchev–Trinajstić information content (AvgIpc) is 3.23. The van der Waals surface area contributed by atoms with Gasteiger partial charge in [0.1, 0.15) is 18.3 Å². The molecule has 0 bridgehead atoms. The van der Waals surface area contributed by atoms with Crippen LogP contribution in [0.1, 0.15) is 30.5 Å². The van der Waals surface area contributed by atoms with Gasteiger partial charge in [-0.05, 0) is 43.1 Å². The van der Waals surface area contributed by atoms with Crippen LogP contribution in [0.5, 0.6) is 5.75 Å². The van der Waals surface area contributed by atoms with Crippen molar-refractivity contribution in [3.05, 3.63) is 54.0 Å². The molecule has 3 aromatic heterocycles. The van der Waals surface area contributed by atoms with Gasteiger partial charge in [-0.3, -0.25) is 4.90 Å². The predicted octanol–water partition coefficient (Wildman–Crippen LogP) is 4.66. The number of ether oxygens (including phenoxy) is 2. The molecule has 5 rings (SSSR count). The Morgan fingerprint density at radius 1 is 1.03 bits per heavy atom. The van der Waals surface area contributed by atoms with Crippen molar-refractivity contribution in [2.45, 2.75) is 25.8 Å². The molecule has 7 heteroatoms. The van der Waals surface area contributed by atoms with Gasteiger partial charge in [0.15, 0.2) is 11.4 Å². The van der Waals surface area contributed by atoms with Crippen LogP contribution in [0.4, 0.5) is 0 Å². The SMILES string of the molecule is COCCOc1c(C#N)ncc2[nH]c3ncc(-c4ccc(CN5CCCCC5)cc4)cc3c12. The maximum atomic E-state index is 9.57. The van der Waals surface area contributed by atoms with Crippen molar-refractivity contribution in [1.29, 1.82) is 5.26 Å². The van der Waals surface area contributed by atoms with Crippen LogP contribution in [0, 0.1) is 11.3 Å². The van der Waals surface area contributed by atoms with E-state index in [-0.39, 0.29) is 5.69 Å². The van der Waals surface area contributed by atoms with E-state index in [0.717, 1.165) is 39.6 Å². The normalized spacial score (nSPS) is 14.5. The van der Waals surface area contributed by atoms with Crippen LogP contribution in [-0.4, -0.2) is 53.3 Å². The van der Waals surface area contributed by atoms with Gasteiger partial charge in [-0.25, -0.2) is 9.97 Å². The molecule has 0 aliphatic carbocycles. The number of aromatic nitrogens is 3. The third-order valence-electron chi connectivity index (χ3n) is 6.23. The Kier molecular flexibility index (Phi) is 6.20. The molecule has 0 amide bonds. The summed E-state index contributed by atoms with van der Waals surface area (Å²) in [5.41, 5.74) is 5.25. The molecule has 0 saturated carbocycles. The van der Waals surface area contributed by atoms with Gasteiger partial charge in [0.25, 0.3) is 0 Å². The summed E-state index contributed by atoms with van der Waals surface area (Å²) in [5.74, 6) is 0.467. The number of nitrogens with zero attached hydrogens (tertiary/aromatic N) is 4. The van der Waals surface area contributed by atoms with E-state index in [1.165, 1.54) is 37.9 Å². The number of methoxy groups -OCH3 is 1. The number of nitrogens with one attached hydrogen (secondary N) is 1. The van der Waals surface area contributed by atoms with Gasteiger partial charge < -0.3 is 14.5 Å². The van der Waals surface area contributed by atoms with Gasteiger partial charge in [0.05, 0.1) is 23.7 Å². The van der Waals surface area contributed by atoms with Crippen molar-refractivity contribution in [3.8, 4) is 22.9 Å². The Morgan fingerprint density at radius 2 is 1.85 bits per heavy atom. The molecule has 0 atom stereocenters. The Morgan fingerprint density at radius 3 is 2.61 bits per heavy atom. The van der Waals surface area contributed by atoms with Crippen molar-refractivity contribution >= 4 is 21.9 Å². The van der Waals surface area contributed by atoms with Crippen molar-refractivity contribution in [2.24, 2.45) is 0 Å². The van der Waals surface area contributed by atoms with Gasteiger partial charge in [0.2, 0.25) is 0 Å². The summed E-state index contributed by atoms with van der Waals surface area (Å²) in [5, 5.41) is 11.3. The largest absolute Gasteiger partial charge is 0.487 e. The maximum Gasteiger partial charge on any atom is 0.183 e. The molecule has 4 aromatic rings. The molecule has 1 saturated heterocycles. The Hall–Kier alpha value is -3.47. The van der Waals surface area contributed by atoms with E-state index in [4.69, 9.17) is 9.47 Å². The average molecular weight is 442 g/mol. The lowest BCUT2D eigenvalue weighted by Crippen LogP contribution is -2.28. The fourth-order valence-electron chi connectivity index (χ4n) is 4.52. The van der Waals surface area contributed by atoms with Crippen LogP contribution in [-0.2, 0) is 11.3 Å². The molecular formula is C26H27N5O2. The lowest BCUT2D eigenvalue weighted by molar-refractivity contribution is 0.147. The Bertz CT molecular complexity index is 1300. The molecule has 1 aromatic carbocycles. The third-order valence-corrected chi connectivity index (χ3v) is 6.23. The van der Waals surface area contributed by atoms with Crippen LogP contribution in [0.2, 0.25) is 0 Å². The van der Waals surface area contributed by atoms with E-state index in [9.17, 15) is 5.26 Å². The van der Waals surface area contributed by atoms with Crippen LogP contribution >= 0.6 is 0 Å². The first-order chi connectivity index (χ1) is 16.3. The highest BCUT2D eigenvalue weighted by Gasteiger charge is 2.17. The van der Waals surface area contributed by atoms with Gasteiger partial charge in [-0.2, -0.15) is 5.26 Å². The molecule has 1 aliphatic heterocycles. The summed E-state index contributed by atoms with van der Waals surface area (Å²) in [6, 6.07) is 13.0. The molecular weight excluding hydrogens is 414 g/mol. The van der Waals surface area contributed by atoms with Gasteiger partial charge in [-0.15, -0.1) is 0 Å². The number of piperidine rings is 1. The first-order valence-corrected chi connectivity index (χ1v) is 11.4. The second-order valence-electron chi connectivity index (χ2n) is 8.46. The van der Waals surface area contributed by atoms with E-state index in [0.29, 0.717) is 19.0 Å². The molecule has 168 valence electrons. The minimum absolute atomic E-state index is 0.256. The fraction of sp³-hybridized carbons (Fsp3) is 0.346. The molecule has 1 aliphatic rings. The molecule has 1 fully saturated rings. The number of hydrogen-bond donors (Lipinski definition) is 1. The first kappa shape index (κ1) is 21.4. The zero-order chi connectivity index (χ0) is 22.6. The number of hydrogen-bond acceptors (Lipinski definition) is 6. The molecule has 0 spiro atoms. The van der Waals surface area contributed by atoms with E-state index < -0.39 is 0 Å². The number of rotatable bonds is 7. The fourth-order valence-corrected chi connectivity index (χ4v) is 4.52. The maximum absolute atomic E-state index is 9.57. The number of H-pyrrole nitrogens is 1.